The zero-order valence-corrected chi connectivity index (χ0v) is 34.5. The average Bonchev–Trinajstić information content (AvgIpc) is 3.08. The lowest BCUT2D eigenvalue weighted by molar-refractivity contribution is -0.134. The number of hydrogen-bond donors (Lipinski definition) is 3. The van der Waals surface area contributed by atoms with Gasteiger partial charge in [-0.25, -0.2) is 4.79 Å². The van der Waals surface area contributed by atoms with E-state index >= 15 is 0 Å². The molecule has 3 N–H and O–H groups in total. The summed E-state index contributed by atoms with van der Waals surface area (Å²) in [7, 11) is -3.67. The average molecular weight is 762 g/mol. The van der Waals surface area contributed by atoms with Crippen LogP contribution in [0.15, 0.2) is 42.5 Å². The summed E-state index contributed by atoms with van der Waals surface area (Å²) in [5.41, 5.74) is 1.86. The van der Waals surface area contributed by atoms with Crippen molar-refractivity contribution >= 4 is 22.1 Å². The van der Waals surface area contributed by atoms with Crippen molar-refractivity contribution in [2.24, 2.45) is 0 Å². The van der Waals surface area contributed by atoms with Gasteiger partial charge < -0.3 is 19.9 Å². The van der Waals surface area contributed by atoms with Crippen molar-refractivity contribution in [2.45, 2.75) is 175 Å². The zero-order valence-electron chi connectivity index (χ0n) is 33.7. The minimum absolute atomic E-state index is 0.144. The first-order chi connectivity index (χ1) is 25.1. The lowest BCUT2D eigenvalue weighted by atomic mass is 10.0. The van der Waals surface area contributed by atoms with Gasteiger partial charge in [-0.2, -0.15) is 8.42 Å². The van der Waals surface area contributed by atoms with E-state index in [1.165, 1.54) is 103 Å². The molecule has 1 unspecified atom stereocenters. The molecule has 2 aromatic rings. The van der Waals surface area contributed by atoms with Crippen molar-refractivity contribution in [1.82, 2.24) is 5.32 Å². The summed E-state index contributed by atoms with van der Waals surface area (Å²) in [4.78, 5) is 25.7. The predicted molar refractivity (Wildman–Crippen MR) is 216 cm³/mol. The molecule has 10 heteroatoms. The van der Waals surface area contributed by atoms with Crippen LogP contribution in [0, 0.1) is 6.92 Å². The molecule has 2 aromatic carbocycles. The van der Waals surface area contributed by atoms with Crippen LogP contribution >= 0.6 is 0 Å². The number of aliphatic hydroxyl groups is 1. The first-order valence-corrected chi connectivity index (χ1v) is 21.9. The number of unbranched alkanes of at least 4 members (excludes halogenated alkanes) is 18. The topological polar surface area (TPSA) is 139 Å². The third-order valence-corrected chi connectivity index (χ3v) is 8.88. The minimum Gasteiger partial charge on any atom is -0.423 e. The van der Waals surface area contributed by atoms with E-state index in [0.29, 0.717) is 30.3 Å². The number of carbonyl (C=O) groups is 2. The highest BCUT2D eigenvalue weighted by Gasteiger charge is 2.20. The molecule has 0 amide bonds. The second-order valence-corrected chi connectivity index (χ2v) is 16.9. The Hall–Kier alpha value is -2.79. The standard InChI is InChI=1S/C42H67NO5.CH4O3S/c1-6-7-8-9-10-11-12-13-14-15-16-17-18-19-20-21-22-23-24-25-40(45)47-39-32-36(37(44)33-43-42(3,4)5)30-31-38(39)48-41(46)35-28-26-34(2)27-29-35;1-5(2,3)4/h26-32,37,43-44H,6-25,33H2,1-5H3;1H3,(H,2,3,4). The Bertz CT molecular complexity index is 1380. The quantitative estimate of drug-likeness (QED) is 0.0370. The molecule has 0 aliphatic rings. The number of carbonyl (C=O) groups excluding carboxylic acids is 2. The molecule has 1 atom stereocenters. The molecule has 0 saturated carbocycles. The lowest BCUT2D eigenvalue weighted by Crippen LogP contribution is -2.38. The molecule has 302 valence electrons. The Kier molecular flexibility index (Phi) is 25.2. The van der Waals surface area contributed by atoms with Gasteiger partial charge in [0.25, 0.3) is 10.1 Å². The Balaban J connectivity index is 0.00000262. The molecule has 2 rings (SSSR count). The number of aryl methyl sites for hydroxylation is 1. The third-order valence-electron chi connectivity index (χ3n) is 8.88. The van der Waals surface area contributed by atoms with Crippen molar-refractivity contribution in [3.63, 3.8) is 0 Å². The molecule has 0 bridgehead atoms. The summed E-state index contributed by atoms with van der Waals surface area (Å²) in [6, 6.07) is 12.0. The highest BCUT2D eigenvalue weighted by Crippen LogP contribution is 2.32. The van der Waals surface area contributed by atoms with E-state index in [1.807, 2.05) is 39.8 Å². The van der Waals surface area contributed by atoms with Gasteiger partial charge in [0.2, 0.25) is 0 Å². The SMILES string of the molecule is CCCCCCCCCCCCCCCCCCCCCC(=O)Oc1cc(C(O)CNC(C)(C)C)ccc1OC(=O)c1ccc(C)cc1.CS(=O)(=O)O. The van der Waals surface area contributed by atoms with Gasteiger partial charge in [-0.3, -0.25) is 9.35 Å². The fourth-order valence-corrected chi connectivity index (χ4v) is 5.79. The van der Waals surface area contributed by atoms with Crippen molar-refractivity contribution in [1.29, 1.82) is 0 Å². The van der Waals surface area contributed by atoms with Crippen LogP contribution in [0.25, 0.3) is 0 Å². The van der Waals surface area contributed by atoms with Crippen LogP contribution in [0.2, 0.25) is 0 Å². The maximum Gasteiger partial charge on any atom is 0.343 e. The Morgan fingerprint density at radius 1 is 0.698 bits per heavy atom. The highest BCUT2D eigenvalue weighted by atomic mass is 32.2. The summed E-state index contributed by atoms with van der Waals surface area (Å²) in [6.45, 7) is 10.6. The van der Waals surface area contributed by atoms with Crippen LogP contribution in [-0.2, 0) is 14.9 Å². The van der Waals surface area contributed by atoms with E-state index in [2.05, 4.69) is 12.2 Å². The van der Waals surface area contributed by atoms with E-state index < -0.39 is 22.2 Å². The molecule has 0 aromatic heterocycles. The molecule has 53 heavy (non-hydrogen) atoms. The largest absolute Gasteiger partial charge is 0.423 e. The number of ether oxygens (including phenoxy) is 2. The second-order valence-electron chi connectivity index (χ2n) is 15.4. The van der Waals surface area contributed by atoms with Gasteiger partial charge in [0.1, 0.15) is 0 Å². The summed E-state index contributed by atoms with van der Waals surface area (Å²) in [5, 5.41) is 14.1. The maximum absolute atomic E-state index is 12.8. The van der Waals surface area contributed by atoms with Crippen LogP contribution in [0.5, 0.6) is 11.5 Å². The molecule has 0 saturated heterocycles. The summed E-state index contributed by atoms with van der Waals surface area (Å²) < 4.78 is 37.2. The molecule has 0 aliphatic heterocycles. The molecular weight excluding hydrogens is 691 g/mol. The summed E-state index contributed by atoms with van der Waals surface area (Å²) in [6.07, 6.45) is 24.9. The molecule has 0 fully saturated rings. The maximum atomic E-state index is 12.8. The number of nitrogens with one attached hydrogen (secondary N) is 1. The van der Waals surface area contributed by atoms with Crippen LogP contribution in [0.4, 0.5) is 0 Å². The Morgan fingerprint density at radius 2 is 1.13 bits per heavy atom. The van der Waals surface area contributed by atoms with Crippen LogP contribution < -0.4 is 14.8 Å². The number of rotatable bonds is 26. The minimum atomic E-state index is -3.67. The zero-order chi connectivity index (χ0) is 39.5. The van der Waals surface area contributed by atoms with Crippen molar-refractivity contribution in [2.75, 3.05) is 12.8 Å². The second kappa shape index (κ2) is 27.7. The first-order valence-electron chi connectivity index (χ1n) is 20.1. The van der Waals surface area contributed by atoms with Crippen LogP contribution in [0.3, 0.4) is 0 Å². The normalized spacial score (nSPS) is 12.2. The van der Waals surface area contributed by atoms with Gasteiger partial charge in [0, 0.05) is 18.5 Å². The summed E-state index contributed by atoms with van der Waals surface area (Å²) in [5.74, 6) is -0.602. The van der Waals surface area contributed by atoms with Gasteiger partial charge in [-0.15, -0.1) is 0 Å². The number of benzene rings is 2. The summed E-state index contributed by atoms with van der Waals surface area (Å²) >= 11 is 0. The molecule has 9 nitrogen and oxygen atoms in total. The van der Waals surface area contributed by atoms with Gasteiger partial charge in [0.05, 0.1) is 17.9 Å². The molecule has 0 spiro atoms. The van der Waals surface area contributed by atoms with E-state index in [-0.39, 0.29) is 23.0 Å². The number of aliphatic hydroxyl groups excluding tert-OH is 1. The monoisotopic (exact) mass is 761 g/mol. The fourth-order valence-electron chi connectivity index (χ4n) is 5.79. The number of hydrogen-bond acceptors (Lipinski definition) is 8. The molecular formula is C43H71NO8S. The van der Waals surface area contributed by atoms with E-state index in [4.69, 9.17) is 14.0 Å². The lowest BCUT2D eigenvalue weighted by Gasteiger charge is -2.23. The Morgan fingerprint density at radius 3 is 1.57 bits per heavy atom. The molecule has 0 radical (unpaired) electrons. The third kappa shape index (κ3) is 27.5. The van der Waals surface area contributed by atoms with Crippen molar-refractivity contribution < 1.29 is 37.1 Å². The van der Waals surface area contributed by atoms with Gasteiger partial charge >= 0.3 is 11.9 Å². The number of esters is 2. The van der Waals surface area contributed by atoms with E-state index in [0.717, 1.165) is 24.8 Å². The molecule has 0 heterocycles. The van der Waals surface area contributed by atoms with Gasteiger partial charge in [-0.05, 0) is 63.9 Å². The van der Waals surface area contributed by atoms with E-state index in [1.54, 1.807) is 30.3 Å². The van der Waals surface area contributed by atoms with E-state index in [9.17, 15) is 23.1 Å². The van der Waals surface area contributed by atoms with Gasteiger partial charge in [0.15, 0.2) is 11.5 Å². The van der Waals surface area contributed by atoms with Gasteiger partial charge in [-0.1, -0.05) is 146 Å². The Labute approximate surface area is 321 Å². The predicted octanol–water partition coefficient (Wildman–Crippen LogP) is 10.9. The van der Waals surface area contributed by atoms with Crippen molar-refractivity contribution in [3.8, 4) is 11.5 Å². The van der Waals surface area contributed by atoms with Crippen molar-refractivity contribution in [3.05, 3.63) is 59.2 Å². The fraction of sp³-hybridized carbons (Fsp3) is 0.674. The number of β-amino-alcohol motifs (C(OH)–C–C–N with tert-alkyl or cyclic N) is 1. The van der Waals surface area contributed by atoms with Crippen LogP contribution in [-0.4, -0.2) is 48.4 Å². The molecule has 0 aliphatic carbocycles. The smallest absolute Gasteiger partial charge is 0.343 e. The first kappa shape index (κ1) is 48.2. The van der Waals surface area contributed by atoms with Crippen LogP contribution in [0.1, 0.15) is 184 Å². The highest BCUT2D eigenvalue weighted by molar-refractivity contribution is 7.85.